The number of ether oxygens (including phenoxy) is 2. The molecular formula is C20H26Cl2N2O5. The Morgan fingerprint density at radius 1 is 1.17 bits per heavy atom. The van der Waals surface area contributed by atoms with Crippen molar-refractivity contribution < 1.29 is 23.9 Å². The number of piperidine rings is 1. The van der Waals surface area contributed by atoms with E-state index in [9.17, 15) is 14.4 Å². The van der Waals surface area contributed by atoms with Crippen molar-refractivity contribution in [2.45, 2.75) is 52.2 Å². The van der Waals surface area contributed by atoms with Gasteiger partial charge in [0.25, 0.3) is 5.91 Å². The van der Waals surface area contributed by atoms with E-state index in [4.69, 9.17) is 32.7 Å². The van der Waals surface area contributed by atoms with Gasteiger partial charge in [-0.1, -0.05) is 23.2 Å². The smallest absolute Gasteiger partial charge is 0.410 e. The number of rotatable bonds is 4. The van der Waals surface area contributed by atoms with Gasteiger partial charge < -0.3 is 19.7 Å². The molecule has 0 radical (unpaired) electrons. The maximum atomic E-state index is 12.4. The third-order valence-corrected chi connectivity index (χ3v) is 4.89. The highest BCUT2D eigenvalue weighted by atomic mass is 35.5. The van der Waals surface area contributed by atoms with Crippen molar-refractivity contribution in [1.29, 1.82) is 0 Å². The average molecular weight is 445 g/mol. The monoisotopic (exact) mass is 444 g/mol. The molecule has 2 amide bonds. The number of nitrogens with one attached hydrogen (secondary N) is 1. The first-order valence-electron chi connectivity index (χ1n) is 9.40. The van der Waals surface area contributed by atoms with E-state index >= 15 is 0 Å². The van der Waals surface area contributed by atoms with Crippen molar-refractivity contribution in [3.8, 4) is 0 Å². The molecule has 1 unspecified atom stereocenters. The van der Waals surface area contributed by atoms with E-state index in [1.165, 1.54) is 13.0 Å². The predicted octanol–water partition coefficient (Wildman–Crippen LogP) is 4.51. The molecule has 160 valence electrons. The van der Waals surface area contributed by atoms with E-state index in [-0.39, 0.29) is 5.92 Å². The molecule has 2 rings (SSSR count). The lowest BCUT2D eigenvalue weighted by atomic mass is 9.97. The van der Waals surface area contributed by atoms with Crippen molar-refractivity contribution in [1.82, 2.24) is 4.90 Å². The van der Waals surface area contributed by atoms with Gasteiger partial charge in [0, 0.05) is 18.1 Å². The zero-order chi connectivity index (χ0) is 21.8. The van der Waals surface area contributed by atoms with Crippen LogP contribution in [0, 0.1) is 5.92 Å². The fourth-order valence-electron chi connectivity index (χ4n) is 2.78. The number of esters is 1. The molecule has 0 aliphatic carbocycles. The Morgan fingerprint density at radius 3 is 2.38 bits per heavy atom. The van der Waals surface area contributed by atoms with Crippen molar-refractivity contribution in [2.75, 3.05) is 18.4 Å². The number of halogens is 2. The first-order chi connectivity index (χ1) is 13.5. The SMILES string of the molecule is CC(OC(=O)C1CCN(C(=O)OC(C)(C)C)CC1)C(=O)Nc1cc(Cl)ccc1Cl. The van der Waals surface area contributed by atoms with Crippen LogP contribution in [0.25, 0.3) is 0 Å². The fourth-order valence-corrected chi connectivity index (χ4v) is 3.11. The van der Waals surface area contributed by atoms with Crippen LogP contribution in [0.4, 0.5) is 10.5 Å². The molecule has 1 atom stereocenters. The number of anilines is 1. The number of carbonyl (C=O) groups is 3. The summed E-state index contributed by atoms with van der Waals surface area (Å²) in [5.41, 5.74) is -0.223. The Morgan fingerprint density at radius 2 is 1.79 bits per heavy atom. The zero-order valence-electron chi connectivity index (χ0n) is 17.0. The van der Waals surface area contributed by atoms with Crippen LogP contribution in [-0.4, -0.2) is 47.7 Å². The van der Waals surface area contributed by atoms with Gasteiger partial charge in [-0.05, 0) is 58.7 Å². The highest BCUT2D eigenvalue weighted by Gasteiger charge is 2.32. The number of benzene rings is 1. The molecule has 1 heterocycles. The highest BCUT2D eigenvalue weighted by Crippen LogP contribution is 2.26. The summed E-state index contributed by atoms with van der Waals surface area (Å²) >= 11 is 11.9. The van der Waals surface area contributed by atoms with E-state index < -0.39 is 29.7 Å². The molecule has 29 heavy (non-hydrogen) atoms. The van der Waals surface area contributed by atoms with Crippen molar-refractivity contribution in [3.05, 3.63) is 28.2 Å². The summed E-state index contributed by atoms with van der Waals surface area (Å²) in [6, 6.07) is 4.68. The molecule has 1 aliphatic heterocycles. The van der Waals surface area contributed by atoms with Gasteiger partial charge in [-0.3, -0.25) is 9.59 Å². The summed E-state index contributed by atoms with van der Waals surface area (Å²) in [5, 5.41) is 3.35. The van der Waals surface area contributed by atoms with Gasteiger partial charge in [0.15, 0.2) is 6.10 Å². The van der Waals surface area contributed by atoms with Crippen LogP contribution >= 0.6 is 23.2 Å². The number of hydrogen-bond acceptors (Lipinski definition) is 5. The van der Waals surface area contributed by atoms with Crippen LogP contribution in [0.2, 0.25) is 10.0 Å². The van der Waals surface area contributed by atoms with E-state index in [1.807, 2.05) is 0 Å². The largest absolute Gasteiger partial charge is 0.452 e. The Bertz CT molecular complexity index is 771. The molecule has 0 bridgehead atoms. The molecule has 1 saturated heterocycles. The molecule has 1 aromatic rings. The lowest BCUT2D eigenvalue weighted by Gasteiger charge is -2.32. The first kappa shape index (κ1) is 23.3. The lowest BCUT2D eigenvalue weighted by Crippen LogP contribution is -2.43. The van der Waals surface area contributed by atoms with Crippen molar-refractivity contribution in [2.24, 2.45) is 5.92 Å². The number of nitrogens with zero attached hydrogens (tertiary/aromatic N) is 1. The molecule has 7 nitrogen and oxygen atoms in total. The molecule has 0 spiro atoms. The molecule has 0 saturated carbocycles. The second kappa shape index (κ2) is 9.67. The number of carbonyl (C=O) groups excluding carboxylic acids is 3. The van der Waals surface area contributed by atoms with Crippen molar-refractivity contribution >= 4 is 46.9 Å². The summed E-state index contributed by atoms with van der Waals surface area (Å²) < 4.78 is 10.6. The number of hydrogen-bond donors (Lipinski definition) is 1. The predicted molar refractivity (Wildman–Crippen MR) is 111 cm³/mol. The summed E-state index contributed by atoms with van der Waals surface area (Å²) in [6.07, 6.45) is -0.490. The minimum atomic E-state index is -0.999. The van der Waals surface area contributed by atoms with E-state index in [1.54, 1.807) is 37.8 Å². The molecular weight excluding hydrogens is 419 g/mol. The van der Waals surface area contributed by atoms with Crippen LogP contribution in [0.3, 0.4) is 0 Å². The third-order valence-electron chi connectivity index (χ3n) is 4.33. The van der Waals surface area contributed by atoms with Gasteiger partial charge in [-0.25, -0.2) is 4.79 Å². The molecule has 9 heteroatoms. The average Bonchev–Trinajstić information content (AvgIpc) is 2.63. The van der Waals surface area contributed by atoms with Gasteiger partial charge >= 0.3 is 12.1 Å². The van der Waals surface area contributed by atoms with Gasteiger partial charge in [0.2, 0.25) is 0 Å². The summed E-state index contributed by atoms with van der Waals surface area (Å²) in [6.45, 7) is 7.69. The van der Waals surface area contributed by atoms with Gasteiger partial charge in [-0.15, -0.1) is 0 Å². The van der Waals surface area contributed by atoms with Crippen LogP contribution in [0.1, 0.15) is 40.5 Å². The zero-order valence-corrected chi connectivity index (χ0v) is 18.5. The third kappa shape index (κ3) is 7.08. The minimum Gasteiger partial charge on any atom is -0.452 e. The topological polar surface area (TPSA) is 84.9 Å². The first-order valence-corrected chi connectivity index (χ1v) is 10.2. The Balaban J connectivity index is 1.83. The standard InChI is InChI=1S/C20H26Cl2N2O5/c1-12(17(25)23-16-11-14(21)5-6-15(16)22)28-18(26)13-7-9-24(10-8-13)19(27)29-20(2,3)4/h5-6,11-13H,7-10H2,1-4H3,(H,23,25). The summed E-state index contributed by atoms with van der Waals surface area (Å²) in [7, 11) is 0. The van der Waals surface area contributed by atoms with Gasteiger partial charge in [0.05, 0.1) is 16.6 Å². The Hall–Kier alpha value is -1.99. The second-order valence-electron chi connectivity index (χ2n) is 7.93. The molecule has 1 aromatic carbocycles. The molecule has 1 aliphatic rings. The molecule has 0 aromatic heterocycles. The number of amides is 2. The van der Waals surface area contributed by atoms with Crippen LogP contribution in [0.5, 0.6) is 0 Å². The van der Waals surface area contributed by atoms with Crippen LogP contribution in [0.15, 0.2) is 18.2 Å². The quantitative estimate of drug-likeness (QED) is 0.690. The van der Waals surface area contributed by atoms with E-state index in [0.717, 1.165) is 0 Å². The fraction of sp³-hybridized carbons (Fsp3) is 0.550. The lowest BCUT2D eigenvalue weighted by molar-refractivity contribution is -0.158. The van der Waals surface area contributed by atoms with Crippen LogP contribution in [-0.2, 0) is 19.1 Å². The molecule has 1 N–H and O–H groups in total. The number of likely N-dealkylation sites (tertiary alicyclic amines) is 1. The Labute approximate surface area is 180 Å². The summed E-state index contributed by atoms with van der Waals surface area (Å²) in [5.74, 6) is -1.35. The van der Waals surface area contributed by atoms with Crippen LogP contribution < -0.4 is 5.32 Å². The maximum absolute atomic E-state index is 12.4. The molecule has 1 fully saturated rings. The maximum Gasteiger partial charge on any atom is 0.410 e. The second-order valence-corrected chi connectivity index (χ2v) is 8.78. The minimum absolute atomic E-state index is 0.329. The highest BCUT2D eigenvalue weighted by molar-refractivity contribution is 6.35. The summed E-state index contributed by atoms with van der Waals surface area (Å²) in [4.78, 5) is 38.4. The Kier molecular flexibility index (Phi) is 7.77. The van der Waals surface area contributed by atoms with E-state index in [0.29, 0.717) is 41.7 Å². The van der Waals surface area contributed by atoms with Gasteiger partial charge in [0.1, 0.15) is 5.60 Å². The van der Waals surface area contributed by atoms with Crippen molar-refractivity contribution in [3.63, 3.8) is 0 Å². The van der Waals surface area contributed by atoms with E-state index in [2.05, 4.69) is 5.32 Å². The normalized spacial score (nSPS) is 16.1. The van der Waals surface area contributed by atoms with Gasteiger partial charge in [-0.2, -0.15) is 0 Å².